The van der Waals surface area contributed by atoms with E-state index < -0.39 is 11.6 Å². The van der Waals surface area contributed by atoms with Crippen LogP contribution in [0.15, 0.2) is 18.7 Å². The Kier molecular flexibility index (Phi) is 3.55. The van der Waals surface area contributed by atoms with Crippen LogP contribution in [0.4, 0.5) is 8.78 Å². The lowest BCUT2D eigenvalue weighted by Crippen LogP contribution is -2.00. The smallest absolute Gasteiger partial charge is 0.201 e. The highest BCUT2D eigenvalue weighted by molar-refractivity contribution is 6.05. The fraction of sp³-hybridized carbons (Fsp3) is 0.182. The summed E-state index contributed by atoms with van der Waals surface area (Å²) < 4.78 is 31.5. The van der Waals surface area contributed by atoms with Crippen LogP contribution in [0.3, 0.4) is 0 Å². The van der Waals surface area contributed by atoms with Crippen LogP contribution in [-0.2, 0) is 4.79 Å². The van der Waals surface area contributed by atoms with E-state index in [1.165, 1.54) is 12.1 Å². The standard InChI is InChI=1S/C11H10F2O2/c1-3-15-9-5-4-8(7(2)6-14)10(12)11(9)13/h4-6H,2-3H2,1H3. The number of hydrogen-bond donors (Lipinski definition) is 0. The SMILES string of the molecule is C=C(C=O)c1ccc(OCC)c(F)c1F. The molecule has 0 aliphatic carbocycles. The minimum Gasteiger partial charge on any atom is -0.491 e. The zero-order valence-corrected chi connectivity index (χ0v) is 8.22. The van der Waals surface area contributed by atoms with Crippen LogP contribution in [0.2, 0.25) is 0 Å². The molecule has 0 bridgehead atoms. The lowest BCUT2D eigenvalue weighted by atomic mass is 10.1. The van der Waals surface area contributed by atoms with Crippen LogP contribution in [0.1, 0.15) is 12.5 Å². The minimum atomic E-state index is -1.11. The Morgan fingerprint density at radius 2 is 2.13 bits per heavy atom. The summed E-state index contributed by atoms with van der Waals surface area (Å²) >= 11 is 0. The normalized spacial score (nSPS) is 9.80. The predicted molar refractivity (Wildman–Crippen MR) is 52.6 cm³/mol. The number of hydrogen-bond acceptors (Lipinski definition) is 2. The van der Waals surface area contributed by atoms with Gasteiger partial charge in [-0.05, 0) is 19.1 Å². The Bertz CT molecular complexity index is 400. The summed E-state index contributed by atoms with van der Waals surface area (Å²) in [5.74, 6) is -2.38. The van der Waals surface area contributed by atoms with Gasteiger partial charge in [0.1, 0.15) is 6.29 Å². The molecule has 0 heterocycles. The van der Waals surface area contributed by atoms with E-state index in [1.807, 2.05) is 0 Å². The number of aldehydes is 1. The number of halogens is 2. The van der Waals surface area contributed by atoms with E-state index in [4.69, 9.17) is 4.74 Å². The van der Waals surface area contributed by atoms with Crippen molar-refractivity contribution in [3.8, 4) is 5.75 Å². The van der Waals surface area contributed by atoms with Gasteiger partial charge in [0.25, 0.3) is 0 Å². The first kappa shape index (κ1) is 11.4. The summed E-state index contributed by atoms with van der Waals surface area (Å²) in [7, 11) is 0. The quantitative estimate of drug-likeness (QED) is 0.566. The summed E-state index contributed by atoms with van der Waals surface area (Å²) in [6.07, 6.45) is 0.373. The highest BCUT2D eigenvalue weighted by Gasteiger charge is 2.15. The second-order valence-electron chi connectivity index (χ2n) is 2.82. The maximum atomic E-state index is 13.3. The van der Waals surface area contributed by atoms with Gasteiger partial charge in [0.15, 0.2) is 11.6 Å². The summed E-state index contributed by atoms with van der Waals surface area (Å²) in [6, 6.07) is 2.53. The van der Waals surface area contributed by atoms with Crippen LogP contribution >= 0.6 is 0 Å². The monoisotopic (exact) mass is 212 g/mol. The van der Waals surface area contributed by atoms with E-state index in [0.29, 0.717) is 6.29 Å². The molecule has 0 fully saturated rings. The molecule has 0 amide bonds. The molecule has 0 saturated carbocycles. The van der Waals surface area contributed by atoms with Crippen LogP contribution in [0, 0.1) is 11.6 Å². The van der Waals surface area contributed by atoms with Gasteiger partial charge in [-0.2, -0.15) is 4.39 Å². The van der Waals surface area contributed by atoms with Crippen LogP contribution in [0.25, 0.3) is 5.57 Å². The molecule has 1 rings (SSSR count). The molecule has 0 unspecified atom stereocenters. The summed E-state index contributed by atoms with van der Waals surface area (Å²) in [6.45, 7) is 5.21. The third-order valence-corrected chi connectivity index (χ3v) is 1.83. The van der Waals surface area contributed by atoms with Crippen LogP contribution in [0.5, 0.6) is 5.75 Å². The van der Waals surface area contributed by atoms with Crippen molar-refractivity contribution in [2.75, 3.05) is 6.61 Å². The molecule has 80 valence electrons. The number of carbonyl (C=O) groups is 1. The average Bonchev–Trinajstić information content (AvgIpc) is 2.24. The largest absolute Gasteiger partial charge is 0.491 e. The third-order valence-electron chi connectivity index (χ3n) is 1.83. The molecule has 0 aromatic heterocycles. The van der Waals surface area contributed by atoms with Crippen molar-refractivity contribution in [1.29, 1.82) is 0 Å². The topological polar surface area (TPSA) is 26.3 Å². The zero-order chi connectivity index (χ0) is 11.4. The molecule has 0 atom stereocenters. The number of carbonyl (C=O) groups excluding carboxylic acids is 1. The van der Waals surface area contributed by atoms with Crippen LogP contribution in [-0.4, -0.2) is 12.9 Å². The van der Waals surface area contributed by atoms with Gasteiger partial charge in [-0.1, -0.05) is 6.58 Å². The van der Waals surface area contributed by atoms with Gasteiger partial charge in [0.05, 0.1) is 6.61 Å². The first-order valence-corrected chi connectivity index (χ1v) is 4.37. The van der Waals surface area contributed by atoms with Crippen molar-refractivity contribution in [1.82, 2.24) is 0 Å². The highest BCUT2D eigenvalue weighted by Crippen LogP contribution is 2.25. The number of rotatable bonds is 4. The summed E-state index contributed by atoms with van der Waals surface area (Å²) in [5.41, 5.74) is -0.250. The molecule has 0 radical (unpaired) electrons. The number of ether oxygens (including phenoxy) is 1. The molecular weight excluding hydrogens is 202 g/mol. The van der Waals surface area contributed by atoms with Gasteiger partial charge in [-0.25, -0.2) is 4.39 Å². The molecule has 0 saturated heterocycles. The van der Waals surface area contributed by atoms with E-state index in [0.717, 1.165) is 0 Å². The number of allylic oxidation sites excluding steroid dienone is 1. The minimum absolute atomic E-state index is 0.102. The molecule has 15 heavy (non-hydrogen) atoms. The van der Waals surface area contributed by atoms with Crippen molar-refractivity contribution >= 4 is 11.9 Å². The Morgan fingerprint density at radius 3 is 2.67 bits per heavy atom. The second-order valence-corrected chi connectivity index (χ2v) is 2.82. The lowest BCUT2D eigenvalue weighted by molar-refractivity contribution is -0.103. The fourth-order valence-corrected chi connectivity index (χ4v) is 1.11. The van der Waals surface area contributed by atoms with E-state index >= 15 is 0 Å². The maximum Gasteiger partial charge on any atom is 0.201 e. The first-order valence-electron chi connectivity index (χ1n) is 4.37. The van der Waals surface area contributed by atoms with Crippen molar-refractivity contribution in [2.45, 2.75) is 6.92 Å². The number of benzene rings is 1. The molecule has 1 aromatic carbocycles. The van der Waals surface area contributed by atoms with E-state index in [-0.39, 0.29) is 23.5 Å². The van der Waals surface area contributed by atoms with E-state index in [2.05, 4.69) is 6.58 Å². The highest BCUT2D eigenvalue weighted by atomic mass is 19.2. The predicted octanol–water partition coefficient (Wildman–Crippen LogP) is 2.58. The molecule has 0 spiro atoms. The van der Waals surface area contributed by atoms with Gasteiger partial charge < -0.3 is 4.74 Å². The maximum absolute atomic E-state index is 13.3. The summed E-state index contributed by atoms with van der Waals surface area (Å²) in [4.78, 5) is 10.4. The Morgan fingerprint density at radius 1 is 1.47 bits per heavy atom. The summed E-state index contributed by atoms with van der Waals surface area (Å²) in [5, 5.41) is 0. The van der Waals surface area contributed by atoms with E-state index in [1.54, 1.807) is 6.92 Å². The lowest BCUT2D eigenvalue weighted by Gasteiger charge is -2.07. The van der Waals surface area contributed by atoms with Crippen molar-refractivity contribution in [2.24, 2.45) is 0 Å². The van der Waals surface area contributed by atoms with Crippen molar-refractivity contribution in [3.63, 3.8) is 0 Å². The van der Waals surface area contributed by atoms with Gasteiger partial charge in [-0.15, -0.1) is 0 Å². The molecule has 0 aliphatic rings. The first-order chi connectivity index (χ1) is 7.11. The molecule has 2 nitrogen and oxygen atoms in total. The molecule has 4 heteroatoms. The van der Waals surface area contributed by atoms with E-state index in [9.17, 15) is 13.6 Å². The zero-order valence-electron chi connectivity index (χ0n) is 8.22. The second kappa shape index (κ2) is 4.68. The van der Waals surface area contributed by atoms with Crippen LogP contribution < -0.4 is 4.74 Å². The third kappa shape index (κ3) is 2.21. The van der Waals surface area contributed by atoms with Gasteiger partial charge in [-0.3, -0.25) is 4.79 Å². The van der Waals surface area contributed by atoms with Gasteiger partial charge in [0.2, 0.25) is 5.82 Å². The fourth-order valence-electron chi connectivity index (χ4n) is 1.11. The Hall–Kier alpha value is -1.71. The average molecular weight is 212 g/mol. The van der Waals surface area contributed by atoms with Crippen molar-refractivity contribution in [3.05, 3.63) is 35.9 Å². The Labute approximate surface area is 86.2 Å². The molecule has 0 aliphatic heterocycles. The van der Waals surface area contributed by atoms with Gasteiger partial charge in [0, 0.05) is 11.1 Å². The molecule has 0 N–H and O–H groups in total. The Balaban J connectivity index is 3.20. The van der Waals surface area contributed by atoms with Gasteiger partial charge >= 0.3 is 0 Å². The molecule has 1 aromatic rings. The van der Waals surface area contributed by atoms with Crippen molar-refractivity contribution < 1.29 is 18.3 Å². The molecular formula is C11H10F2O2.